The number of aryl methyl sites for hydroxylation is 1. The zero-order valence-electron chi connectivity index (χ0n) is 22.3. The van der Waals surface area contributed by atoms with Crippen molar-refractivity contribution < 1.29 is 4.74 Å². The average Bonchev–Trinajstić information content (AvgIpc) is 2.98. The lowest BCUT2D eigenvalue weighted by Crippen LogP contribution is -2.35. The fourth-order valence-electron chi connectivity index (χ4n) is 5.04. The highest BCUT2D eigenvalue weighted by Gasteiger charge is 2.19. The van der Waals surface area contributed by atoms with Crippen LogP contribution in [0, 0.1) is 0 Å². The summed E-state index contributed by atoms with van der Waals surface area (Å²) in [5.74, 6) is 0.419. The number of aromatic nitrogens is 4. The minimum atomic E-state index is -0.155. The third-order valence-electron chi connectivity index (χ3n) is 7.21. The predicted molar refractivity (Wildman–Crippen MR) is 159 cm³/mol. The van der Waals surface area contributed by atoms with Gasteiger partial charge in [-0.2, -0.15) is 4.98 Å². The Morgan fingerprint density at radius 2 is 1.90 bits per heavy atom. The number of nitrogens with one attached hydrogen (secondary N) is 1. The normalized spacial score (nSPS) is 15.8. The average molecular weight is 553 g/mol. The van der Waals surface area contributed by atoms with Gasteiger partial charge >= 0.3 is 0 Å². The van der Waals surface area contributed by atoms with Gasteiger partial charge < -0.3 is 15.0 Å². The molecular formula is C31H29ClN6O2. The molecule has 1 fully saturated rings. The molecule has 40 heavy (non-hydrogen) atoms. The lowest BCUT2D eigenvalue weighted by atomic mass is 10.0. The first-order chi connectivity index (χ1) is 19.5. The van der Waals surface area contributed by atoms with E-state index in [4.69, 9.17) is 21.3 Å². The third-order valence-corrected chi connectivity index (χ3v) is 7.52. The van der Waals surface area contributed by atoms with Crippen molar-refractivity contribution in [2.45, 2.75) is 19.6 Å². The fraction of sp³-hybridized carbons (Fsp3) is 0.226. The van der Waals surface area contributed by atoms with E-state index in [9.17, 15) is 4.79 Å². The highest BCUT2D eigenvalue weighted by Crippen LogP contribution is 2.32. The van der Waals surface area contributed by atoms with Gasteiger partial charge in [-0.05, 0) is 55.4 Å². The molecule has 1 atom stereocenters. The van der Waals surface area contributed by atoms with Crippen LogP contribution in [0.3, 0.4) is 0 Å². The van der Waals surface area contributed by atoms with Crippen molar-refractivity contribution in [3.05, 3.63) is 100 Å². The summed E-state index contributed by atoms with van der Waals surface area (Å²) >= 11 is 6.70. The van der Waals surface area contributed by atoms with Crippen molar-refractivity contribution in [1.29, 1.82) is 0 Å². The maximum atomic E-state index is 13.6. The maximum absolute atomic E-state index is 13.6. The summed E-state index contributed by atoms with van der Waals surface area (Å²) in [7, 11) is 2.11. The monoisotopic (exact) mass is 552 g/mol. The van der Waals surface area contributed by atoms with Crippen LogP contribution in [0.25, 0.3) is 33.3 Å². The molecule has 2 aromatic carbocycles. The van der Waals surface area contributed by atoms with Crippen LogP contribution in [-0.4, -0.2) is 51.2 Å². The van der Waals surface area contributed by atoms with Crippen molar-refractivity contribution in [3.63, 3.8) is 0 Å². The molecule has 3 aromatic heterocycles. The predicted octanol–water partition coefficient (Wildman–Crippen LogP) is 5.94. The number of halogens is 1. The van der Waals surface area contributed by atoms with Crippen LogP contribution in [-0.2, 0) is 11.3 Å². The summed E-state index contributed by atoms with van der Waals surface area (Å²) in [6, 6.07) is 19.5. The second-order valence-corrected chi connectivity index (χ2v) is 10.3. The van der Waals surface area contributed by atoms with E-state index in [0.29, 0.717) is 34.3 Å². The molecule has 202 valence electrons. The van der Waals surface area contributed by atoms with E-state index in [2.05, 4.69) is 39.4 Å². The Kier molecular flexibility index (Phi) is 7.30. The van der Waals surface area contributed by atoms with Gasteiger partial charge in [0.2, 0.25) is 5.95 Å². The molecule has 6 rings (SSSR count). The van der Waals surface area contributed by atoms with Crippen LogP contribution >= 0.6 is 11.6 Å². The number of morpholine rings is 1. The second-order valence-electron chi connectivity index (χ2n) is 9.88. The van der Waals surface area contributed by atoms with Crippen molar-refractivity contribution in [3.8, 4) is 22.3 Å². The van der Waals surface area contributed by atoms with Gasteiger partial charge in [0.25, 0.3) is 5.56 Å². The van der Waals surface area contributed by atoms with Crippen molar-refractivity contribution in [1.82, 2.24) is 24.4 Å². The van der Waals surface area contributed by atoms with Gasteiger partial charge in [-0.15, -0.1) is 0 Å². The number of pyridine rings is 2. The van der Waals surface area contributed by atoms with Gasteiger partial charge in [-0.3, -0.25) is 14.3 Å². The van der Waals surface area contributed by atoms with Gasteiger partial charge in [-0.1, -0.05) is 41.9 Å². The Labute approximate surface area is 237 Å². The van der Waals surface area contributed by atoms with Crippen molar-refractivity contribution in [2.24, 2.45) is 0 Å². The molecule has 0 aliphatic carbocycles. The van der Waals surface area contributed by atoms with Crippen molar-refractivity contribution >= 4 is 34.3 Å². The topological polar surface area (TPSA) is 85.2 Å². The number of hydrogen-bond acceptors (Lipinski definition) is 7. The Morgan fingerprint density at radius 3 is 2.62 bits per heavy atom. The smallest absolute Gasteiger partial charge is 0.260 e. The lowest BCUT2D eigenvalue weighted by Gasteiger charge is -2.30. The Balaban J connectivity index is 1.29. The molecule has 8 nitrogen and oxygen atoms in total. The molecule has 5 aromatic rings. The first kappa shape index (κ1) is 26.1. The van der Waals surface area contributed by atoms with E-state index >= 15 is 0 Å². The number of hydrogen-bond donors (Lipinski definition) is 1. The quantitative estimate of drug-likeness (QED) is 0.279. The molecule has 1 aliphatic heterocycles. The number of fused-ring (bicyclic) bond motifs is 1. The van der Waals surface area contributed by atoms with Crippen LogP contribution in [0.5, 0.6) is 0 Å². The molecule has 4 heterocycles. The Morgan fingerprint density at radius 1 is 1.05 bits per heavy atom. The molecular weight excluding hydrogens is 524 g/mol. The number of nitrogens with zero attached hydrogens (tertiary/aromatic N) is 5. The molecule has 9 heteroatoms. The fourth-order valence-corrected chi connectivity index (χ4v) is 5.32. The van der Waals surface area contributed by atoms with E-state index in [-0.39, 0.29) is 11.7 Å². The molecule has 1 saturated heterocycles. The molecule has 0 bridgehead atoms. The molecule has 0 spiro atoms. The summed E-state index contributed by atoms with van der Waals surface area (Å²) in [6.45, 7) is 4.93. The molecule has 0 amide bonds. The molecule has 0 radical (unpaired) electrons. The van der Waals surface area contributed by atoms with E-state index in [1.54, 1.807) is 23.2 Å². The first-order valence-electron chi connectivity index (χ1n) is 13.3. The minimum Gasteiger partial charge on any atom is -0.371 e. The summed E-state index contributed by atoms with van der Waals surface area (Å²) in [6.07, 6.45) is 5.31. The van der Waals surface area contributed by atoms with Gasteiger partial charge in [-0.25, -0.2) is 4.98 Å². The standard InChI is InChI=1S/C31H29ClN6O2/c1-3-38-29-23(15-26(30(38)39)25-11-8-21(16-27(25)32)22-5-4-12-33-17-22)18-34-31(36-29)35-24-9-6-20(7-10-24)28-19-37(2)13-14-40-28/h4-12,15-18,28H,3,13-14,19H2,1-2H3,(H,34,35,36). The van der Waals surface area contributed by atoms with Crippen LogP contribution < -0.4 is 10.9 Å². The first-order valence-corrected chi connectivity index (χ1v) is 13.7. The van der Waals surface area contributed by atoms with E-state index in [1.165, 1.54) is 0 Å². The highest BCUT2D eigenvalue weighted by atomic mass is 35.5. The van der Waals surface area contributed by atoms with Gasteiger partial charge in [0.05, 0.1) is 12.7 Å². The second kappa shape index (κ2) is 11.2. The lowest BCUT2D eigenvalue weighted by molar-refractivity contribution is -0.0208. The minimum absolute atomic E-state index is 0.0676. The number of benzene rings is 2. The zero-order chi connectivity index (χ0) is 27.6. The summed E-state index contributed by atoms with van der Waals surface area (Å²) in [5, 5.41) is 4.51. The largest absolute Gasteiger partial charge is 0.371 e. The number of anilines is 2. The molecule has 1 unspecified atom stereocenters. The van der Waals surface area contributed by atoms with Crippen LogP contribution in [0.15, 0.2) is 84.0 Å². The van der Waals surface area contributed by atoms with Gasteiger partial charge in [0.15, 0.2) is 0 Å². The molecule has 0 saturated carbocycles. The molecule has 1 aliphatic rings. The Bertz CT molecular complexity index is 1720. The van der Waals surface area contributed by atoms with E-state index < -0.39 is 0 Å². The number of likely N-dealkylation sites (N-methyl/N-ethyl adjacent to an activating group) is 1. The van der Waals surface area contributed by atoms with Crippen LogP contribution in [0.4, 0.5) is 11.6 Å². The maximum Gasteiger partial charge on any atom is 0.260 e. The van der Waals surface area contributed by atoms with Crippen LogP contribution in [0.1, 0.15) is 18.6 Å². The number of ether oxygens (including phenoxy) is 1. The van der Waals surface area contributed by atoms with Gasteiger partial charge in [0, 0.05) is 71.0 Å². The van der Waals surface area contributed by atoms with Crippen LogP contribution in [0.2, 0.25) is 5.02 Å². The molecule has 1 N–H and O–H groups in total. The van der Waals surface area contributed by atoms with E-state index in [1.807, 2.05) is 55.5 Å². The Hall–Kier alpha value is -4.11. The summed E-state index contributed by atoms with van der Waals surface area (Å²) < 4.78 is 7.58. The SMILES string of the molecule is CCn1c(=O)c(-c2ccc(-c3cccnc3)cc2Cl)cc2cnc(Nc3ccc(C4CN(C)CCO4)cc3)nc21. The summed E-state index contributed by atoms with van der Waals surface area (Å²) in [5.41, 5.74) is 5.46. The third kappa shape index (κ3) is 5.21. The van der Waals surface area contributed by atoms with Gasteiger partial charge in [0.1, 0.15) is 5.65 Å². The van der Waals surface area contributed by atoms with E-state index in [0.717, 1.165) is 47.5 Å². The zero-order valence-corrected chi connectivity index (χ0v) is 23.1. The summed E-state index contributed by atoms with van der Waals surface area (Å²) in [4.78, 5) is 29.3. The highest BCUT2D eigenvalue weighted by molar-refractivity contribution is 6.33. The van der Waals surface area contributed by atoms with Crippen molar-refractivity contribution in [2.75, 3.05) is 32.1 Å². The number of rotatable bonds is 6.